The van der Waals surface area contributed by atoms with E-state index in [9.17, 15) is 0 Å². The molecule has 0 spiro atoms. The highest BCUT2D eigenvalue weighted by Gasteiger charge is 2.15. The molecule has 66 valence electrons. The van der Waals surface area contributed by atoms with Crippen LogP contribution in [0.5, 0.6) is 0 Å². The van der Waals surface area contributed by atoms with Crippen molar-refractivity contribution >= 4 is 17.3 Å². The number of nitrogens with one attached hydrogen (secondary N) is 1. The van der Waals surface area contributed by atoms with Gasteiger partial charge in [-0.3, -0.25) is 0 Å². The second-order valence-electron chi connectivity index (χ2n) is 3.48. The molecule has 0 aliphatic rings. The van der Waals surface area contributed by atoms with Crippen molar-refractivity contribution in [1.82, 2.24) is 5.32 Å². The topological polar surface area (TPSA) is 38.0 Å². The molecule has 0 aliphatic heterocycles. The highest BCUT2D eigenvalue weighted by Crippen LogP contribution is 2.11. The largest absolute Gasteiger partial charge is 0.376 e. The van der Waals surface area contributed by atoms with E-state index in [1.807, 2.05) is 0 Å². The van der Waals surface area contributed by atoms with Crippen molar-refractivity contribution in [3.05, 3.63) is 0 Å². The van der Waals surface area contributed by atoms with Gasteiger partial charge in [-0.1, -0.05) is 19.8 Å². The third-order valence-corrected chi connectivity index (χ3v) is 1.72. The Hall–Kier alpha value is -0.310. The molecule has 0 atom stereocenters. The highest BCUT2D eigenvalue weighted by molar-refractivity contribution is 7.80. The average Bonchev–Trinajstić information content (AvgIpc) is 1.81. The lowest BCUT2D eigenvalue weighted by atomic mass is 9.98. The quantitative estimate of drug-likeness (QED) is 0.638. The van der Waals surface area contributed by atoms with Gasteiger partial charge in [0.05, 0.1) is 0 Å². The first-order chi connectivity index (χ1) is 4.98. The molecular weight excluding hydrogens is 156 g/mol. The van der Waals surface area contributed by atoms with E-state index < -0.39 is 0 Å². The van der Waals surface area contributed by atoms with Gasteiger partial charge in [0.1, 0.15) is 0 Å². The normalized spacial score (nSPS) is 11.2. The van der Waals surface area contributed by atoms with Crippen LogP contribution in [-0.2, 0) is 0 Å². The van der Waals surface area contributed by atoms with Gasteiger partial charge in [-0.25, -0.2) is 0 Å². The van der Waals surface area contributed by atoms with Crippen molar-refractivity contribution < 1.29 is 0 Å². The first-order valence-electron chi connectivity index (χ1n) is 4.05. The van der Waals surface area contributed by atoms with Gasteiger partial charge in [0.2, 0.25) is 0 Å². The van der Waals surface area contributed by atoms with Gasteiger partial charge in [0.15, 0.2) is 5.11 Å². The Balaban J connectivity index is 3.70. The zero-order valence-electron chi connectivity index (χ0n) is 7.61. The van der Waals surface area contributed by atoms with Gasteiger partial charge in [0, 0.05) is 5.54 Å². The van der Waals surface area contributed by atoms with Crippen molar-refractivity contribution in [3.8, 4) is 0 Å². The van der Waals surface area contributed by atoms with Crippen molar-refractivity contribution in [2.24, 2.45) is 5.73 Å². The standard InChI is InChI=1S/C8H18N2S/c1-4-5-6-8(2,3)10-7(9)11/h4-6H2,1-3H3,(H3,9,10,11). The minimum absolute atomic E-state index is 0.0574. The zero-order chi connectivity index (χ0) is 8.91. The smallest absolute Gasteiger partial charge is 0.164 e. The molecule has 2 nitrogen and oxygen atoms in total. The number of rotatable bonds is 4. The fourth-order valence-electron chi connectivity index (χ4n) is 1.01. The molecule has 3 N–H and O–H groups in total. The molecule has 0 heterocycles. The molecule has 0 fully saturated rings. The number of thiocarbonyl (C=S) groups is 1. The van der Waals surface area contributed by atoms with Gasteiger partial charge in [-0.2, -0.15) is 0 Å². The summed E-state index contributed by atoms with van der Waals surface area (Å²) in [6, 6.07) is 0. The molecule has 0 saturated carbocycles. The van der Waals surface area contributed by atoms with Gasteiger partial charge in [-0.15, -0.1) is 0 Å². The molecule has 0 amide bonds. The number of hydrogen-bond acceptors (Lipinski definition) is 1. The third kappa shape index (κ3) is 6.10. The van der Waals surface area contributed by atoms with Gasteiger partial charge < -0.3 is 11.1 Å². The lowest BCUT2D eigenvalue weighted by Gasteiger charge is -2.26. The van der Waals surface area contributed by atoms with E-state index in [-0.39, 0.29) is 5.54 Å². The van der Waals surface area contributed by atoms with Crippen LogP contribution in [0, 0.1) is 0 Å². The fourth-order valence-corrected chi connectivity index (χ4v) is 1.29. The zero-order valence-corrected chi connectivity index (χ0v) is 8.42. The minimum Gasteiger partial charge on any atom is -0.376 e. The Morgan fingerprint density at radius 2 is 2.09 bits per heavy atom. The van der Waals surface area contributed by atoms with E-state index in [1.54, 1.807) is 0 Å². The summed E-state index contributed by atoms with van der Waals surface area (Å²) in [7, 11) is 0. The van der Waals surface area contributed by atoms with Gasteiger partial charge >= 0.3 is 0 Å². The van der Waals surface area contributed by atoms with Crippen molar-refractivity contribution in [2.75, 3.05) is 0 Å². The summed E-state index contributed by atoms with van der Waals surface area (Å²) in [4.78, 5) is 0. The number of unbranched alkanes of at least 4 members (excludes halogenated alkanes) is 1. The first kappa shape index (κ1) is 10.7. The Morgan fingerprint density at radius 1 is 1.55 bits per heavy atom. The maximum atomic E-state index is 5.37. The van der Waals surface area contributed by atoms with Crippen molar-refractivity contribution in [2.45, 2.75) is 45.6 Å². The van der Waals surface area contributed by atoms with Crippen molar-refractivity contribution in [3.63, 3.8) is 0 Å². The van der Waals surface area contributed by atoms with Crippen LogP contribution in [0.1, 0.15) is 40.0 Å². The second-order valence-corrected chi connectivity index (χ2v) is 3.92. The van der Waals surface area contributed by atoms with Crippen LogP contribution in [0.4, 0.5) is 0 Å². The predicted molar refractivity (Wildman–Crippen MR) is 53.5 cm³/mol. The predicted octanol–water partition coefficient (Wildman–Crippen LogP) is 1.79. The summed E-state index contributed by atoms with van der Waals surface area (Å²) in [5, 5.41) is 3.46. The lowest BCUT2D eigenvalue weighted by molar-refractivity contribution is 0.410. The maximum absolute atomic E-state index is 5.37. The molecule has 0 aromatic rings. The van der Waals surface area contributed by atoms with Crippen molar-refractivity contribution in [1.29, 1.82) is 0 Å². The molecule has 0 rings (SSSR count). The molecule has 0 unspecified atom stereocenters. The minimum atomic E-state index is 0.0574. The summed E-state index contributed by atoms with van der Waals surface area (Å²) in [6.45, 7) is 6.40. The molecule has 0 radical (unpaired) electrons. The summed E-state index contributed by atoms with van der Waals surface area (Å²) >= 11 is 4.76. The monoisotopic (exact) mass is 174 g/mol. The molecule has 0 aromatic carbocycles. The van der Waals surface area contributed by atoms with Crippen LogP contribution >= 0.6 is 12.2 Å². The first-order valence-corrected chi connectivity index (χ1v) is 4.46. The molecule has 0 bridgehead atoms. The summed E-state index contributed by atoms with van der Waals surface area (Å²) in [5.74, 6) is 0. The summed E-state index contributed by atoms with van der Waals surface area (Å²) < 4.78 is 0. The van der Waals surface area contributed by atoms with Crippen LogP contribution in [0.3, 0.4) is 0 Å². The van der Waals surface area contributed by atoms with E-state index in [0.717, 1.165) is 6.42 Å². The number of hydrogen-bond donors (Lipinski definition) is 2. The molecule has 3 heteroatoms. The van der Waals surface area contributed by atoms with Gasteiger partial charge in [0.25, 0.3) is 0 Å². The van der Waals surface area contributed by atoms with E-state index in [2.05, 4.69) is 26.1 Å². The SMILES string of the molecule is CCCCC(C)(C)NC(N)=S. The van der Waals surface area contributed by atoms with Crippen LogP contribution in [0.25, 0.3) is 0 Å². The highest BCUT2D eigenvalue weighted by atomic mass is 32.1. The average molecular weight is 174 g/mol. The van der Waals surface area contributed by atoms with Crippen LogP contribution in [0.2, 0.25) is 0 Å². The van der Waals surface area contributed by atoms with E-state index in [4.69, 9.17) is 18.0 Å². The van der Waals surface area contributed by atoms with Crippen LogP contribution < -0.4 is 11.1 Å². The summed E-state index contributed by atoms with van der Waals surface area (Å²) in [5.41, 5.74) is 5.43. The van der Waals surface area contributed by atoms with Crippen LogP contribution in [-0.4, -0.2) is 10.7 Å². The Labute approximate surface area is 74.5 Å². The second kappa shape index (κ2) is 4.54. The molecule has 0 saturated heterocycles. The Bertz CT molecular complexity index is 132. The Kier molecular flexibility index (Phi) is 4.42. The maximum Gasteiger partial charge on any atom is 0.164 e. The Morgan fingerprint density at radius 3 is 2.45 bits per heavy atom. The van der Waals surface area contributed by atoms with E-state index in [1.165, 1.54) is 12.8 Å². The summed E-state index contributed by atoms with van der Waals surface area (Å²) in [6.07, 6.45) is 3.53. The van der Waals surface area contributed by atoms with Gasteiger partial charge in [-0.05, 0) is 32.5 Å². The van der Waals surface area contributed by atoms with Crippen LogP contribution in [0.15, 0.2) is 0 Å². The van der Waals surface area contributed by atoms with E-state index in [0.29, 0.717) is 5.11 Å². The molecule has 0 aromatic heterocycles. The third-order valence-electron chi connectivity index (χ3n) is 1.62. The molecule has 0 aliphatic carbocycles. The number of nitrogens with two attached hydrogens (primary N) is 1. The molecule has 11 heavy (non-hydrogen) atoms. The lowest BCUT2D eigenvalue weighted by Crippen LogP contribution is -2.45. The molecular formula is C8H18N2S. The fraction of sp³-hybridized carbons (Fsp3) is 0.875. The van der Waals surface area contributed by atoms with E-state index >= 15 is 0 Å².